The normalized spacial score (nSPS) is 24.9. The number of benzene rings is 1. The van der Waals surface area contributed by atoms with Gasteiger partial charge in [0.2, 0.25) is 5.91 Å². The highest BCUT2D eigenvalue weighted by Gasteiger charge is 2.38. The summed E-state index contributed by atoms with van der Waals surface area (Å²) in [6.07, 6.45) is 1.05. The molecule has 1 aliphatic rings. The van der Waals surface area contributed by atoms with E-state index in [-0.39, 0.29) is 18.1 Å². The molecular weight excluding hydrogens is 270 g/mol. The number of likely N-dealkylation sites (N-methyl/N-ethyl adjacent to an activating group) is 1. The minimum atomic E-state index is -0.616. The molecule has 116 valence electrons. The molecule has 21 heavy (non-hydrogen) atoms. The molecule has 1 amide bonds. The van der Waals surface area contributed by atoms with Crippen molar-refractivity contribution in [3.63, 3.8) is 0 Å². The van der Waals surface area contributed by atoms with Crippen molar-refractivity contribution in [2.75, 3.05) is 21.3 Å². The van der Waals surface area contributed by atoms with Gasteiger partial charge in [-0.05, 0) is 30.5 Å². The Morgan fingerprint density at radius 3 is 2.76 bits per heavy atom. The molecule has 0 unspecified atom stereocenters. The standard InChI is InChI=1S/C16H23NO4/c1-17(13-7-8-14(21-3)16(13)19)15(18)10-11-5-4-6-12(9-11)20-2/h4-6,9,13-14,16,19H,7-8,10H2,1-3H3/t13-,14-,16-/m1/s1. The van der Waals surface area contributed by atoms with E-state index in [0.29, 0.717) is 6.42 Å². The number of nitrogens with zero attached hydrogens (tertiary/aromatic N) is 1. The molecule has 5 nitrogen and oxygen atoms in total. The third-order valence-corrected chi connectivity index (χ3v) is 4.21. The van der Waals surface area contributed by atoms with E-state index in [1.807, 2.05) is 24.3 Å². The van der Waals surface area contributed by atoms with E-state index in [0.717, 1.165) is 24.2 Å². The highest BCUT2D eigenvalue weighted by atomic mass is 16.5. The molecule has 0 aromatic heterocycles. The molecule has 0 heterocycles. The minimum absolute atomic E-state index is 0.0101. The van der Waals surface area contributed by atoms with Crippen molar-refractivity contribution in [2.45, 2.75) is 37.5 Å². The van der Waals surface area contributed by atoms with Crippen LogP contribution in [0.5, 0.6) is 5.75 Å². The summed E-state index contributed by atoms with van der Waals surface area (Å²) in [4.78, 5) is 14.0. The number of hydrogen-bond donors (Lipinski definition) is 1. The maximum Gasteiger partial charge on any atom is 0.227 e. The van der Waals surface area contributed by atoms with Gasteiger partial charge in [0, 0.05) is 14.2 Å². The van der Waals surface area contributed by atoms with Crippen LogP contribution in [0.25, 0.3) is 0 Å². The van der Waals surface area contributed by atoms with Crippen molar-refractivity contribution >= 4 is 5.91 Å². The summed E-state index contributed by atoms with van der Waals surface area (Å²) in [5.74, 6) is 0.729. The van der Waals surface area contributed by atoms with Crippen LogP contribution in [0, 0.1) is 0 Å². The topological polar surface area (TPSA) is 59.0 Å². The highest BCUT2D eigenvalue weighted by Crippen LogP contribution is 2.26. The zero-order valence-corrected chi connectivity index (χ0v) is 12.8. The summed E-state index contributed by atoms with van der Waals surface area (Å²) < 4.78 is 10.4. The van der Waals surface area contributed by atoms with E-state index in [1.54, 1.807) is 26.2 Å². The predicted octanol–water partition coefficient (Wildman–Crippen LogP) is 1.23. The zero-order chi connectivity index (χ0) is 15.4. The third-order valence-electron chi connectivity index (χ3n) is 4.21. The summed E-state index contributed by atoms with van der Waals surface area (Å²) in [5, 5.41) is 10.2. The lowest BCUT2D eigenvalue weighted by Gasteiger charge is -2.28. The van der Waals surface area contributed by atoms with Crippen LogP contribution in [0.15, 0.2) is 24.3 Å². The minimum Gasteiger partial charge on any atom is -0.497 e. The average Bonchev–Trinajstić information content (AvgIpc) is 2.87. The molecule has 1 N–H and O–H groups in total. The molecule has 1 aromatic rings. The molecule has 1 saturated carbocycles. The van der Waals surface area contributed by atoms with Crippen molar-refractivity contribution < 1.29 is 19.4 Å². The molecular formula is C16H23NO4. The van der Waals surface area contributed by atoms with Crippen molar-refractivity contribution in [3.8, 4) is 5.75 Å². The molecule has 0 radical (unpaired) electrons. The predicted molar refractivity (Wildman–Crippen MR) is 79.3 cm³/mol. The van der Waals surface area contributed by atoms with Gasteiger partial charge in [-0.2, -0.15) is 0 Å². The SMILES string of the molecule is COc1cccc(CC(=O)N(C)[C@@H]2CC[C@@H](OC)[C@@H]2O)c1. The van der Waals surface area contributed by atoms with Gasteiger partial charge in [-0.25, -0.2) is 0 Å². The Balaban J connectivity index is 1.99. The van der Waals surface area contributed by atoms with Gasteiger partial charge in [0.05, 0.1) is 25.7 Å². The lowest BCUT2D eigenvalue weighted by atomic mass is 10.1. The largest absolute Gasteiger partial charge is 0.497 e. The van der Waals surface area contributed by atoms with E-state index in [1.165, 1.54) is 0 Å². The number of carbonyl (C=O) groups excluding carboxylic acids is 1. The van der Waals surface area contributed by atoms with E-state index in [4.69, 9.17) is 9.47 Å². The number of methoxy groups -OCH3 is 2. The monoisotopic (exact) mass is 293 g/mol. The van der Waals surface area contributed by atoms with Crippen LogP contribution >= 0.6 is 0 Å². The Kier molecular flexibility index (Phi) is 5.20. The second kappa shape index (κ2) is 6.91. The smallest absolute Gasteiger partial charge is 0.227 e. The molecule has 5 heteroatoms. The van der Waals surface area contributed by atoms with Crippen LogP contribution in [-0.2, 0) is 16.0 Å². The van der Waals surface area contributed by atoms with Gasteiger partial charge in [0.1, 0.15) is 11.9 Å². The number of amides is 1. The molecule has 3 atom stereocenters. The summed E-state index contributed by atoms with van der Waals surface area (Å²) >= 11 is 0. The van der Waals surface area contributed by atoms with Crippen LogP contribution in [0.4, 0.5) is 0 Å². The molecule has 0 aliphatic heterocycles. The molecule has 0 bridgehead atoms. The van der Waals surface area contributed by atoms with E-state index in [9.17, 15) is 9.90 Å². The average molecular weight is 293 g/mol. The Morgan fingerprint density at radius 2 is 2.14 bits per heavy atom. The van der Waals surface area contributed by atoms with Crippen molar-refractivity contribution in [3.05, 3.63) is 29.8 Å². The molecule has 1 aromatic carbocycles. The van der Waals surface area contributed by atoms with Gasteiger partial charge in [-0.15, -0.1) is 0 Å². The van der Waals surface area contributed by atoms with Crippen LogP contribution in [0.2, 0.25) is 0 Å². The van der Waals surface area contributed by atoms with Gasteiger partial charge >= 0.3 is 0 Å². The number of carbonyl (C=O) groups is 1. The van der Waals surface area contributed by atoms with E-state index < -0.39 is 6.10 Å². The number of aliphatic hydroxyl groups excluding tert-OH is 1. The number of aliphatic hydroxyl groups is 1. The lowest BCUT2D eigenvalue weighted by molar-refractivity contribution is -0.134. The lowest BCUT2D eigenvalue weighted by Crippen LogP contribution is -2.45. The van der Waals surface area contributed by atoms with Crippen molar-refractivity contribution in [1.82, 2.24) is 4.90 Å². The first-order valence-electron chi connectivity index (χ1n) is 7.16. The molecule has 2 rings (SSSR count). The second-order valence-electron chi connectivity index (χ2n) is 5.44. The fourth-order valence-electron chi connectivity index (χ4n) is 2.87. The number of hydrogen-bond acceptors (Lipinski definition) is 4. The van der Waals surface area contributed by atoms with Crippen molar-refractivity contribution in [1.29, 1.82) is 0 Å². The summed E-state index contributed by atoms with van der Waals surface area (Å²) in [5.41, 5.74) is 0.905. The van der Waals surface area contributed by atoms with E-state index in [2.05, 4.69) is 0 Å². The number of ether oxygens (including phenoxy) is 2. The Morgan fingerprint density at radius 1 is 1.38 bits per heavy atom. The Bertz CT molecular complexity index is 491. The van der Waals surface area contributed by atoms with Crippen LogP contribution in [0.1, 0.15) is 18.4 Å². The summed E-state index contributed by atoms with van der Waals surface area (Å²) in [6.45, 7) is 0. The Labute approximate surface area is 125 Å². The van der Waals surface area contributed by atoms with Crippen LogP contribution in [0.3, 0.4) is 0 Å². The summed E-state index contributed by atoms with van der Waals surface area (Å²) in [7, 11) is 4.94. The van der Waals surface area contributed by atoms with Crippen molar-refractivity contribution in [2.24, 2.45) is 0 Å². The molecule has 0 saturated heterocycles. The maximum absolute atomic E-state index is 12.4. The molecule has 1 aliphatic carbocycles. The van der Waals surface area contributed by atoms with Gasteiger partial charge in [0.15, 0.2) is 0 Å². The second-order valence-corrected chi connectivity index (χ2v) is 5.44. The van der Waals surface area contributed by atoms with Crippen LogP contribution < -0.4 is 4.74 Å². The van der Waals surface area contributed by atoms with Gasteiger partial charge in [-0.3, -0.25) is 4.79 Å². The first-order chi connectivity index (χ1) is 10.1. The zero-order valence-electron chi connectivity index (χ0n) is 12.8. The summed E-state index contributed by atoms with van der Waals surface area (Å²) in [6, 6.07) is 7.30. The highest BCUT2D eigenvalue weighted by molar-refractivity contribution is 5.79. The van der Waals surface area contributed by atoms with Gasteiger partial charge in [0.25, 0.3) is 0 Å². The third kappa shape index (κ3) is 3.54. The van der Waals surface area contributed by atoms with Gasteiger partial charge in [-0.1, -0.05) is 12.1 Å². The van der Waals surface area contributed by atoms with E-state index >= 15 is 0 Å². The first-order valence-corrected chi connectivity index (χ1v) is 7.16. The van der Waals surface area contributed by atoms with Gasteiger partial charge < -0.3 is 19.5 Å². The fraction of sp³-hybridized carbons (Fsp3) is 0.562. The molecule has 0 spiro atoms. The maximum atomic E-state index is 12.4. The molecule has 1 fully saturated rings. The quantitative estimate of drug-likeness (QED) is 0.887. The fourth-order valence-corrected chi connectivity index (χ4v) is 2.87. The number of rotatable bonds is 5. The van der Waals surface area contributed by atoms with Crippen LogP contribution in [-0.4, -0.2) is 55.4 Å². The Hall–Kier alpha value is -1.59. The first kappa shape index (κ1) is 15.8.